The highest BCUT2D eigenvalue weighted by molar-refractivity contribution is 5.92. The van der Waals surface area contributed by atoms with Gasteiger partial charge in [0.15, 0.2) is 5.82 Å². The number of rotatable bonds is 3. The zero-order valence-corrected chi connectivity index (χ0v) is 17.9. The summed E-state index contributed by atoms with van der Waals surface area (Å²) in [4.78, 5) is 16.3. The molecule has 0 N–H and O–H groups in total. The van der Waals surface area contributed by atoms with Gasteiger partial charge in [0.25, 0.3) is 0 Å². The zero-order valence-electron chi connectivity index (χ0n) is 17.9. The van der Waals surface area contributed by atoms with Crippen LogP contribution in [-0.4, -0.2) is 28.4 Å². The van der Waals surface area contributed by atoms with E-state index in [2.05, 4.69) is 16.8 Å². The van der Waals surface area contributed by atoms with E-state index in [4.69, 9.17) is 0 Å². The third-order valence-electron chi connectivity index (χ3n) is 5.59. The van der Waals surface area contributed by atoms with Crippen LogP contribution in [0.1, 0.15) is 18.4 Å². The first-order chi connectivity index (χ1) is 16.2. The van der Waals surface area contributed by atoms with Crippen molar-refractivity contribution in [2.75, 3.05) is 11.4 Å². The molecule has 3 aromatic rings. The van der Waals surface area contributed by atoms with Gasteiger partial charge in [0, 0.05) is 18.3 Å². The molecule has 1 saturated carbocycles. The molecule has 4 nitrogen and oxygen atoms in total. The van der Waals surface area contributed by atoms with Crippen LogP contribution in [0.2, 0.25) is 0 Å². The summed E-state index contributed by atoms with van der Waals surface area (Å²) in [5.41, 5.74) is -4.14. The maximum atomic E-state index is 14.7. The van der Waals surface area contributed by atoms with Crippen LogP contribution < -0.4 is 10.6 Å². The van der Waals surface area contributed by atoms with Crippen molar-refractivity contribution in [3.05, 3.63) is 64.1 Å². The van der Waals surface area contributed by atoms with E-state index in [1.165, 1.54) is 19.2 Å². The molecule has 0 saturated heterocycles. The zero-order chi connectivity index (χ0) is 25.8. The van der Waals surface area contributed by atoms with Gasteiger partial charge in [-0.05, 0) is 43.2 Å². The monoisotopic (exact) mass is 501 g/mol. The number of alkyl halides is 6. The Labute approximate surface area is 192 Å². The van der Waals surface area contributed by atoms with E-state index in [9.17, 15) is 39.9 Å². The molecule has 1 aliphatic carbocycles. The van der Waals surface area contributed by atoms with Crippen molar-refractivity contribution in [1.82, 2.24) is 9.55 Å². The molecule has 0 atom stereocenters. The Kier molecular flexibility index (Phi) is 5.78. The molecule has 0 aliphatic heterocycles. The van der Waals surface area contributed by atoms with Crippen molar-refractivity contribution < 1.29 is 35.1 Å². The average molecular weight is 501 g/mol. The third-order valence-corrected chi connectivity index (χ3v) is 5.59. The molecule has 1 aromatic heterocycles. The third kappa shape index (κ3) is 4.80. The Morgan fingerprint density at radius 3 is 2.37 bits per heavy atom. The van der Waals surface area contributed by atoms with Gasteiger partial charge >= 0.3 is 18.0 Å². The van der Waals surface area contributed by atoms with E-state index in [0.29, 0.717) is 11.0 Å². The predicted molar refractivity (Wildman–Crippen MR) is 111 cm³/mol. The highest BCUT2D eigenvalue weighted by Gasteiger charge is 2.62. The van der Waals surface area contributed by atoms with Crippen molar-refractivity contribution in [1.29, 1.82) is 0 Å². The van der Waals surface area contributed by atoms with Crippen LogP contribution >= 0.6 is 0 Å². The normalized spacial score (nSPS) is 15.0. The number of nitrogens with zero attached hydrogens (tertiary/aromatic N) is 3. The van der Waals surface area contributed by atoms with Crippen molar-refractivity contribution in [3.63, 3.8) is 0 Å². The summed E-state index contributed by atoms with van der Waals surface area (Å²) in [5, 5.41) is -0.426. The van der Waals surface area contributed by atoms with Gasteiger partial charge in [-0.2, -0.15) is 31.3 Å². The van der Waals surface area contributed by atoms with Crippen molar-refractivity contribution in [3.8, 4) is 11.8 Å². The fraction of sp³-hybridized carbons (Fsp3) is 0.304. The Morgan fingerprint density at radius 1 is 1.09 bits per heavy atom. The number of fused-ring (bicyclic) bond motifs is 1. The number of aryl methyl sites for hydroxylation is 1. The number of hydrogen-bond donors (Lipinski definition) is 0. The van der Waals surface area contributed by atoms with Crippen LogP contribution in [0, 0.1) is 28.9 Å². The molecule has 0 unspecified atom stereocenters. The van der Waals surface area contributed by atoms with Crippen LogP contribution in [0.5, 0.6) is 0 Å². The van der Waals surface area contributed by atoms with Gasteiger partial charge in [0.05, 0.1) is 10.9 Å². The molecule has 2 aromatic carbocycles. The molecule has 1 aliphatic rings. The van der Waals surface area contributed by atoms with Crippen molar-refractivity contribution in [2.45, 2.75) is 25.2 Å². The minimum absolute atomic E-state index is 0.0653. The Morgan fingerprint density at radius 2 is 1.77 bits per heavy atom. The first kappa shape index (κ1) is 24.5. The van der Waals surface area contributed by atoms with E-state index in [1.54, 1.807) is 0 Å². The molecular weight excluding hydrogens is 486 g/mol. The Hall–Kier alpha value is -3.62. The molecule has 184 valence electrons. The number of benzene rings is 2. The largest absolute Gasteiger partial charge is 0.406 e. The molecule has 0 spiro atoms. The molecular formula is C23H15F8N3O. The molecule has 1 heterocycles. The Balaban J connectivity index is 1.91. The average Bonchev–Trinajstić information content (AvgIpc) is 3.54. The van der Waals surface area contributed by atoms with Gasteiger partial charge in [0.1, 0.15) is 23.6 Å². The Bertz CT molecular complexity index is 1430. The van der Waals surface area contributed by atoms with Gasteiger partial charge in [-0.1, -0.05) is 17.9 Å². The summed E-state index contributed by atoms with van der Waals surface area (Å²) < 4.78 is 110. The van der Waals surface area contributed by atoms with Crippen LogP contribution in [0.15, 0.2) is 41.2 Å². The van der Waals surface area contributed by atoms with Gasteiger partial charge in [-0.3, -0.25) is 4.57 Å². The second-order valence-corrected chi connectivity index (χ2v) is 8.14. The molecule has 0 radical (unpaired) electrons. The summed E-state index contributed by atoms with van der Waals surface area (Å²) in [6.45, 7) is -1.79. The predicted octanol–water partition coefficient (Wildman–Crippen LogP) is 5.61. The second kappa shape index (κ2) is 8.25. The maximum absolute atomic E-state index is 14.7. The lowest BCUT2D eigenvalue weighted by Crippen LogP contribution is -2.34. The smallest absolute Gasteiger partial charge is 0.316 e. The topological polar surface area (TPSA) is 38.1 Å². The van der Waals surface area contributed by atoms with Crippen LogP contribution in [0.3, 0.4) is 0 Å². The van der Waals surface area contributed by atoms with Gasteiger partial charge in [-0.15, -0.1) is 0 Å². The molecule has 0 bridgehead atoms. The minimum Gasteiger partial charge on any atom is -0.316 e. The minimum atomic E-state index is -4.91. The molecule has 4 rings (SSSR count). The molecule has 35 heavy (non-hydrogen) atoms. The lowest BCUT2D eigenvalue weighted by molar-refractivity contribution is -0.168. The summed E-state index contributed by atoms with van der Waals surface area (Å²) in [7, 11) is 1.25. The van der Waals surface area contributed by atoms with Crippen molar-refractivity contribution >= 4 is 22.4 Å². The first-order valence-electron chi connectivity index (χ1n) is 10.1. The van der Waals surface area contributed by atoms with E-state index >= 15 is 0 Å². The van der Waals surface area contributed by atoms with E-state index in [-0.39, 0.29) is 23.9 Å². The highest BCUT2D eigenvalue weighted by Crippen LogP contribution is 2.57. The molecule has 0 amide bonds. The second-order valence-electron chi connectivity index (χ2n) is 8.14. The van der Waals surface area contributed by atoms with E-state index in [1.807, 2.05) is 0 Å². The van der Waals surface area contributed by atoms with Crippen LogP contribution in [-0.2, 0) is 7.05 Å². The fourth-order valence-electron chi connectivity index (χ4n) is 3.60. The van der Waals surface area contributed by atoms with Gasteiger partial charge in [-0.25, -0.2) is 13.6 Å². The standard InChI is InChI=1S/C23H15F8N3O/c1-33-17-4-2-3-16(25)18(17)19(32-20(33)35)34(12-22(26,27)28)15-10-13(9-14(24)11-15)5-6-21(7-8-21)23(29,30)31/h2-4,9-11H,7-8,12H2,1H3. The van der Waals surface area contributed by atoms with E-state index in [0.717, 1.165) is 22.8 Å². The fourth-order valence-corrected chi connectivity index (χ4v) is 3.60. The summed E-state index contributed by atoms with van der Waals surface area (Å²) in [6, 6.07) is 5.87. The lowest BCUT2D eigenvalue weighted by atomic mass is 10.1. The molecule has 1 fully saturated rings. The van der Waals surface area contributed by atoms with E-state index < -0.39 is 58.5 Å². The highest BCUT2D eigenvalue weighted by atomic mass is 19.4. The number of halogens is 8. The molecule has 12 heteroatoms. The SMILES string of the molecule is Cn1c(=O)nc(N(CC(F)(F)F)c2cc(F)cc(C#CC3(C(F)(F)F)CC3)c2)c2c(F)cccc21. The number of hydrogen-bond acceptors (Lipinski definition) is 3. The van der Waals surface area contributed by atoms with Crippen LogP contribution in [0.25, 0.3) is 10.9 Å². The van der Waals surface area contributed by atoms with Crippen molar-refractivity contribution in [2.24, 2.45) is 12.5 Å². The maximum Gasteiger partial charge on any atom is 0.406 e. The number of aromatic nitrogens is 2. The van der Waals surface area contributed by atoms with Gasteiger partial charge in [0.2, 0.25) is 0 Å². The summed E-state index contributed by atoms with van der Waals surface area (Å²) in [5.74, 6) is 1.45. The van der Waals surface area contributed by atoms with Crippen LogP contribution in [0.4, 0.5) is 46.6 Å². The number of anilines is 2. The first-order valence-corrected chi connectivity index (χ1v) is 10.1. The van der Waals surface area contributed by atoms with Gasteiger partial charge < -0.3 is 4.90 Å². The quantitative estimate of drug-likeness (QED) is 0.346. The summed E-state index contributed by atoms with van der Waals surface area (Å²) in [6.07, 6.45) is -10.0. The summed E-state index contributed by atoms with van der Waals surface area (Å²) >= 11 is 0. The lowest BCUT2D eigenvalue weighted by Gasteiger charge is -2.27.